The molecule has 0 spiro atoms. The summed E-state index contributed by atoms with van der Waals surface area (Å²) >= 11 is 12.2. The van der Waals surface area contributed by atoms with E-state index in [2.05, 4.69) is 0 Å². The maximum atomic E-state index is 14.3. The van der Waals surface area contributed by atoms with Crippen molar-refractivity contribution in [3.63, 3.8) is 0 Å². The van der Waals surface area contributed by atoms with Crippen molar-refractivity contribution in [3.8, 4) is 5.75 Å². The van der Waals surface area contributed by atoms with Gasteiger partial charge in [-0.05, 0) is 55.5 Å². The number of ether oxygens (including phenoxy) is 3. The molecule has 4 rings (SSSR count). The van der Waals surface area contributed by atoms with E-state index in [4.69, 9.17) is 37.4 Å². The van der Waals surface area contributed by atoms with Crippen LogP contribution in [0, 0.1) is 5.82 Å². The maximum absolute atomic E-state index is 14.3. The monoisotopic (exact) mass is 555 g/mol. The number of fused-ring (bicyclic) bond motifs is 1. The predicted octanol–water partition coefficient (Wildman–Crippen LogP) is 7.08. The van der Waals surface area contributed by atoms with Crippen LogP contribution < -0.4 is 4.74 Å². The average molecular weight is 556 g/mol. The number of carbonyl (C=O) groups excluding carboxylic acids is 2. The number of benzene rings is 3. The van der Waals surface area contributed by atoms with Crippen LogP contribution in [0.15, 0.2) is 66.9 Å². The van der Waals surface area contributed by atoms with E-state index >= 15 is 0 Å². The standard InChI is InChI=1S/C29H24Cl2FNO5/c1-3-37-27(34)12-8-18-15-33(25-6-4-5-23(28(18)25)29(35)36-2)16-20-13-21(30)10-11-26(20)38-17-19-7-9-22(31)14-24(19)32/h4-15H,3,16-17H2,1-2H3. The number of esters is 2. The molecule has 0 unspecified atom stereocenters. The zero-order valence-electron chi connectivity index (χ0n) is 20.7. The molecule has 0 aliphatic rings. The molecule has 196 valence electrons. The largest absolute Gasteiger partial charge is 0.488 e. The van der Waals surface area contributed by atoms with Crippen LogP contribution in [0.1, 0.15) is 34.0 Å². The van der Waals surface area contributed by atoms with Crippen molar-refractivity contribution in [1.29, 1.82) is 0 Å². The minimum Gasteiger partial charge on any atom is -0.488 e. The van der Waals surface area contributed by atoms with E-state index in [0.29, 0.717) is 44.4 Å². The Morgan fingerprint density at radius 1 is 1.03 bits per heavy atom. The van der Waals surface area contributed by atoms with Gasteiger partial charge in [-0.25, -0.2) is 14.0 Å². The van der Waals surface area contributed by atoms with Crippen LogP contribution in [0.3, 0.4) is 0 Å². The molecule has 3 aromatic carbocycles. The van der Waals surface area contributed by atoms with Gasteiger partial charge in [0.05, 0.1) is 25.8 Å². The molecule has 0 saturated heterocycles. The van der Waals surface area contributed by atoms with Gasteiger partial charge >= 0.3 is 11.9 Å². The Kier molecular flexibility index (Phi) is 8.71. The molecule has 1 heterocycles. The van der Waals surface area contributed by atoms with Crippen LogP contribution in [0.4, 0.5) is 4.39 Å². The first kappa shape index (κ1) is 27.2. The van der Waals surface area contributed by atoms with Gasteiger partial charge in [-0.2, -0.15) is 0 Å². The third-order valence-electron chi connectivity index (χ3n) is 5.79. The summed E-state index contributed by atoms with van der Waals surface area (Å²) in [7, 11) is 1.31. The minimum atomic E-state index is -0.504. The third-order valence-corrected chi connectivity index (χ3v) is 6.26. The number of rotatable bonds is 9. The number of nitrogens with zero attached hydrogens (tertiary/aromatic N) is 1. The Morgan fingerprint density at radius 2 is 1.79 bits per heavy atom. The van der Waals surface area contributed by atoms with Crippen LogP contribution in [-0.4, -0.2) is 30.2 Å². The van der Waals surface area contributed by atoms with Gasteiger partial charge in [-0.1, -0.05) is 35.3 Å². The lowest BCUT2D eigenvalue weighted by Gasteiger charge is -2.14. The highest BCUT2D eigenvalue weighted by molar-refractivity contribution is 6.30. The van der Waals surface area contributed by atoms with Gasteiger partial charge in [0.1, 0.15) is 18.2 Å². The van der Waals surface area contributed by atoms with E-state index in [9.17, 15) is 14.0 Å². The van der Waals surface area contributed by atoms with Gasteiger partial charge < -0.3 is 18.8 Å². The second-order valence-electron chi connectivity index (χ2n) is 8.27. The quantitative estimate of drug-likeness (QED) is 0.163. The SMILES string of the molecule is CCOC(=O)C=Cc1cn(Cc2cc(Cl)ccc2OCc2ccc(Cl)cc2F)c2cccc(C(=O)OC)c12. The third kappa shape index (κ3) is 6.18. The van der Waals surface area contributed by atoms with Crippen LogP contribution in [0.2, 0.25) is 10.0 Å². The smallest absolute Gasteiger partial charge is 0.338 e. The van der Waals surface area contributed by atoms with E-state index in [1.54, 1.807) is 55.5 Å². The van der Waals surface area contributed by atoms with Crippen molar-refractivity contribution in [2.45, 2.75) is 20.1 Å². The topological polar surface area (TPSA) is 66.8 Å². The summed E-state index contributed by atoms with van der Waals surface area (Å²) in [6.07, 6.45) is 4.73. The van der Waals surface area contributed by atoms with Crippen LogP contribution >= 0.6 is 23.2 Å². The number of methoxy groups -OCH3 is 1. The highest BCUT2D eigenvalue weighted by atomic mass is 35.5. The second-order valence-corrected chi connectivity index (χ2v) is 9.14. The van der Waals surface area contributed by atoms with Crippen molar-refractivity contribution in [1.82, 2.24) is 4.57 Å². The molecule has 4 aromatic rings. The molecule has 0 N–H and O–H groups in total. The molecule has 0 saturated carbocycles. The van der Waals surface area contributed by atoms with Crippen molar-refractivity contribution in [2.75, 3.05) is 13.7 Å². The molecule has 1 aromatic heterocycles. The Balaban J connectivity index is 1.73. The number of hydrogen-bond donors (Lipinski definition) is 0. The van der Waals surface area contributed by atoms with E-state index in [1.807, 2.05) is 16.8 Å². The molecule has 0 radical (unpaired) electrons. The first-order chi connectivity index (χ1) is 18.3. The second kappa shape index (κ2) is 12.2. The average Bonchev–Trinajstić information content (AvgIpc) is 3.25. The summed E-state index contributed by atoms with van der Waals surface area (Å²) in [5.74, 6) is -0.948. The molecule has 0 fully saturated rings. The fourth-order valence-electron chi connectivity index (χ4n) is 4.06. The fraction of sp³-hybridized carbons (Fsp3) is 0.172. The minimum absolute atomic E-state index is 0.00984. The van der Waals surface area contributed by atoms with E-state index < -0.39 is 17.8 Å². The maximum Gasteiger partial charge on any atom is 0.338 e. The predicted molar refractivity (Wildman–Crippen MR) is 145 cm³/mol. The van der Waals surface area contributed by atoms with Crippen molar-refractivity contribution < 1.29 is 28.2 Å². The molecular weight excluding hydrogens is 532 g/mol. The van der Waals surface area contributed by atoms with Crippen LogP contribution in [0.5, 0.6) is 5.75 Å². The summed E-state index contributed by atoms with van der Waals surface area (Å²) in [5, 5.41) is 1.42. The molecule has 38 heavy (non-hydrogen) atoms. The lowest BCUT2D eigenvalue weighted by Crippen LogP contribution is -2.05. The van der Waals surface area contributed by atoms with Gasteiger partial charge in [0.25, 0.3) is 0 Å². The Bertz CT molecular complexity index is 1530. The van der Waals surface area contributed by atoms with E-state index in [1.165, 1.54) is 19.3 Å². The summed E-state index contributed by atoms with van der Waals surface area (Å²) in [6.45, 7) is 2.27. The van der Waals surface area contributed by atoms with Crippen molar-refractivity contribution in [2.24, 2.45) is 0 Å². The highest BCUT2D eigenvalue weighted by Gasteiger charge is 2.18. The molecule has 0 aliphatic carbocycles. The zero-order chi connectivity index (χ0) is 27.2. The molecule has 0 aliphatic heterocycles. The zero-order valence-corrected chi connectivity index (χ0v) is 22.2. The Morgan fingerprint density at radius 3 is 2.53 bits per heavy atom. The molecule has 0 bridgehead atoms. The number of hydrogen-bond acceptors (Lipinski definition) is 5. The Hall–Kier alpha value is -3.81. The first-order valence-electron chi connectivity index (χ1n) is 11.7. The molecular formula is C29H24Cl2FNO5. The molecule has 0 atom stereocenters. The highest BCUT2D eigenvalue weighted by Crippen LogP contribution is 2.31. The lowest BCUT2D eigenvalue weighted by atomic mass is 10.1. The van der Waals surface area contributed by atoms with Gasteiger partial charge in [-0.3, -0.25) is 0 Å². The van der Waals surface area contributed by atoms with Gasteiger partial charge in [-0.15, -0.1) is 0 Å². The molecule has 9 heteroatoms. The lowest BCUT2D eigenvalue weighted by molar-refractivity contribution is -0.137. The van der Waals surface area contributed by atoms with Crippen LogP contribution in [0.25, 0.3) is 17.0 Å². The summed E-state index contributed by atoms with van der Waals surface area (Å²) in [6, 6.07) is 14.9. The van der Waals surface area contributed by atoms with Crippen molar-refractivity contribution in [3.05, 3.63) is 105 Å². The van der Waals surface area contributed by atoms with Crippen molar-refractivity contribution >= 4 is 52.1 Å². The van der Waals surface area contributed by atoms with Gasteiger partial charge in [0, 0.05) is 49.9 Å². The summed E-state index contributed by atoms with van der Waals surface area (Å²) in [5.41, 5.74) is 2.80. The normalized spacial score (nSPS) is 11.2. The summed E-state index contributed by atoms with van der Waals surface area (Å²) in [4.78, 5) is 24.5. The number of carbonyl (C=O) groups is 2. The van der Waals surface area contributed by atoms with E-state index in [0.717, 1.165) is 11.1 Å². The van der Waals surface area contributed by atoms with Gasteiger partial charge in [0.2, 0.25) is 0 Å². The Labute approximate surface area is 229 Å². The first-order valence-corrected chi connectivity index (χ1v) is 12.5. The fourth-order valence-corrected chi connectivity index (χ4v) is 4.41. The van der Waals surface area contributed by atoms with E-state index in [-0.39, 0.29) is 13.2 Å². The van der Waals surface area contributed by atoms with Gasteiger partial charge in [0.15, 0.2) is 0 Å². The summed E-state index contributed by atoms with van der Waals surface area (Å²) < 4.78 is 32.1. The molecule has 0 amide bonds. The number of aromatic nitrogens is 1. The molecule has 6 nitrogen and oxygen atoms in total. The van der Waals surface area contributed by atoms with Crippen LogP contribution in [-0.2, 0) is 27.4 Å². The number of halogens is 3.